The lowest BCUT2D eigenvalue weighted by Gasteiger charge is -2.25. The molecule has 0 amide bonds. The van der Waals surface area contributed by atoms with Crippen LogP contribution in [-0.2, 0) is 11.2 Å². The van der Waals surface area contributed by atoms with Crippen molar-refractivity contribution in [2.75, 3.05) is 11.9 Å². The van der Waals surface area contributed by atoms with E-state index in [0.29, 0.717) is 47.0 Å². The van der Waals surface area contributed by atoms with Crippen molar-refractivity contribution in [3.63, 3.8) is 0 Å². The van der Waals surface area contributed by atoms with E-state index in [9.17, 15) is 4.79 Å². The third kappa shape index (κ3) is 4.78. The van der Waals surface area contributed by atoms with Crippen LogP contribution in [0.5, 0.6) is 0 Å². The van der Waals surface area contributed by atoms with Gasteiger partial charge in [0.25, 0.3) is 0 Å². The van der Waals surface area contributed by atoms with Crippen LogP contribution in [0.2, 0.25) is 5.02 Å². The van der Waals surface area contributed by atoms with Crippen LogP contribution in [0.25, 0.3) is 11.4 Å². The van der Waals surface area contributed by atoms with E-state index in [1.54, 1.807) is 6.92 Å². The van der Waals surface area contributed by atoms with Crippen LogP contribution < -0.4 is 5.32 Å². The van der Waals surface area contributed by atoms with Gasteiger partial charge in [-0.1, -0.05) is 37.8 Å². The number of benzene rings is 1. The van der Waals surface area contributed by atoms with Crippen LogP contribution in [0.3, 0.4) is 0 Å². The first-order valence-electron chi connectivity index (χ1n) is 9.72. The maximum absolute atomic E-state index is 12.6. The minimum absolute atomic E-state index is 0.323. The number of carbonyl (C=O) groups is 1. The van der Waals surface area contributed by atoms with Gasteiger partial charge in [-0.15, -0.1) is 0 Å². The molecule has 6 heteroatoms. The minimum Gasteiger partial charge on any atom is -0.462 e. The van der Waals surface area contributed by atoms with Gasteiger partial charge in [-0.2, -0.15) is 0 Å². The fraction of sp³-hybridized carbons (Fsp3) is 0.476. The molecule has 1 aliphatic rings. The maximum Gasteiger partial charge on any atom is 0.343 e. The Morgan fingerprint density at radius 3 is 2.48 bits per heavy atom. The number of carbonyl (C=O) groups excluding carboxylic acids is 1. The van der Waals surface area contributed by atoms with Crippen molar-refractivity contribution in [2.45, 2.75) is 58.4 Å². The minimum atomic E-state index is -0.365. The number of ether oxygens (including phenoxy) is 1. The van der Waals surface area contributed by atoms with Crippen molar-refractivity contribution in [2.24, 2.45) is 0 Å². The monoisotopic (exact) mass is 387 g/mol. The number of hydrogen-bond acceptors (Lipinski definition) is 5. The lowest BCUT2D eigenvalue weighted by atomic mass is 9.95. The number of anilines is 1. The van der Waals surface area contributed by atoms with Gasteiger partial charge >= 0.3 is 5.97 Å². The second kappa shape index (κ2) is 9.18. The Kier molecular flexibility index (Phi) is 6.67. The zero-order valence-electron chi connectivity index (χ0n) is 15.9. The van der Waals surface area contributed by atoms with Crippen LogP contribution in [0.1, 0.15) is 62.0 Å². The summed E-state index contributed by atoms with van der Waals surface area (Å²) in [6.07, 6.45) is 6.46. The Balaban J connectivity index is 2.04. The summed E-state index contributed by atoms with van der Waals surface area (Å²) in [6, 6.07) is 7.75. The predicted molar refractivity (Wildman–Crippen MR) is 108 cm³/mol. The second-order valence-electron chi connectivity index (χ2n) is 6.78. The second-order valence-corrected chi connectivity index (χ2v) is 7.21. The predicted octanol–water partition coefficient (Wildman–Crippen LogP) is 5.28. The number of esters is 1. The van der Waals surface area contributed by atoms with Crippen molar-refractivity contribution in [3.8, 4) is 11.4 Å². The smallest absolute Gasteiger partial charge is 0.343 e. The van der Waals surface area contributed by atoms with Gasteiger partial charge in [0.1, 0.15) is 11.4 Å². The van der Waals surface area contributed by atoms with Crippen molar-refractivity contribution in [1.82, 2.24) is 9.97 Å². The molecule has 1 fully saturated rings. The fourth-order valence-electron chi connectivity index (χ4n) is 3.45. The van der Waals surface area contributed by atoms with Crippen LogP contribution in [0.15, 0.2) is 24.3 Å². The van der Waals surface area contributed by atoms with Gasteiger partial charge in [0.2, 0.25) is 0 Å². The number of halogens is 1. The highest BCUT2D eigenvalue weighted by atomic mass is 35.5. The highest BCUT2D eigenvalue weighted by molar-refractivity contribution is 6.30. The number of nitrogens with zero attached hydrogens (tertiary/aromatic N) is 2. The molecule has 1 aliphatic carbocycles. The molecule has 3 rings (SSSR count). The first kappa shape index (κ1) is 19.6. The summed E-state index contributed by atoms with van der Waals surface area (Å²) >= 11 is 6.00. The van der Waals surface area contributed by atoms with Gasteiger partial charge in [-0.05, 0) is 50.5 Å². The summed E-state index contributed by atoms with van der Waals surface area (Å²) < 4.78 is 5.29. The van der Waals surface area contributed by atoms with E-state index in [1.807, 2.05) is 31.2 Å². The van der Waals surface area contributed by atoms with Gasteiger partial charge in [0, 0.05) is 16.6 Å². The third-order valence-electron chi connectivity index (χ3n) is 4.85. The standard InChI is InChI=1S/C21H26ClN3O2/c1-3-17-18(21(26)27-4-2)20(23-16-8-6-5-7-9-16)25-19(24-17)14-10-12-15(22)13-11-14/h10-13,16H,3-9H2,1-2H3,(H,23,24,25). The molecule has 1 saturated carbocycles. The molecule has 2 aromatic rings. The van der Waals surface area contributed by atoms with E-state index >= 15 is 0 Å². The van der Waals surface area contributed by atoms with E-state index in [1.165, 1.54) is 19.3 Å². The molecule has 0 radical (unpaired) electrons. The highest BCUT2D eigenvalue weighted by Gasteiger charge is 2.24. The molecule has 0 saturated heterocycles. The molecule has 0 spiro atoms. The summed E-state index contributed by atoms with van der Waals surface area (Å²) in [6.45, 7) is 4.12. The van der Waals surface area contributed by atoms with Crippen LogP contribution in [-0.4, -0.2) is 28.6 Å². The average molecular weight is 388 g/mol. The van der Waals surface area contributed by atoms with Gasteiger partial charge in [-0.3, -0.25) is 0 Å². The lowest BCUT2D eigenvalue weighted by Crippen LogP contribution is -2.26. The number of nitrogens with one attached hydrogen (secondary N) is 1. The first-order chi connectivity index (χ1) is 13.1. The quantitative estimate of drug-likeness (QED) is 0.683. The molecule has 5 nitrogen and oxygen atoms in total. The van der Waals surface area contributed by atoms with E-state index in [2.05, 4.69) is 10.3 Å². The molecular weight excluding hydrogens is 362 g/mol. The third-order valence-corrected chi connectivity index (χ3v) is 5.10. The normalized spacial score (nSPS) is 14.8. The molecule has 144 valence electrons. The Labute approximate surface area is 165 Å². The highest BCUT2D eigenvalue weighted by Crippen LogP contribution is 2.28. The van der Waals surface area contributed by atoms with Gasteiger partial charge in [0.15, 0.2) is 5.82 Å². The summed E-state index contributed by atoms with van der Waals surface area (Å²) in [4.78, 5) is 22.0. The molecule has 27 heavy (non-hydrogen) atoms. The molecule has 1 N–H and O–H groups in total. The molecule has 0 unspecified atom stereocenters. The van der Waals surface area contributed by atoms with Crippen LogP contribution in [0, 0.1) is 0 Å². The molecule has 0 atom stereocenters. The molecule has 1 aromatic heterocycles. The van der Waals surface area contributed by atoms with Crippen molar-refractivity contribution in [1.29, 1.82) is 0 Å². The van der Waals surface area contributed by atoms with Crippen molar-refractivity contribution >= 4 is 23.4 Å². The van der Waals surface area contributed by atoms with Crippen molar-refractivity contribution < 1.29 is 9.53 Å². The molecule has 0 bridgehead atoms. The Hall–Kier alpha value is -2.14. The largest absolute Gasteiger partial charge is 0.462 e. The maximum atomic E-state index is 12.6. The SMILES string of the molecule is CCOC(=O)c1c(CC)nc(-c2ccc(Cl)cc2)nc1NC1CCCCC1. The Bertz CT molecular complexity index is 787. The van der Waals surface area contributed by atoms with Crippen molar-refractivity contribution in [3.05, 3.63) is 40.5 Å². The Morgan fingerprint density at radius 2 is 1.85 bits per heavy atom. The molecule has 1 heterocycles. The molecule has 1 aromatic carbocycles. The van der Waals surface area contributed by atoms with Crippen LogP contribution in [0.4, 0.5) is 5.82 Å². The molecular formula is C21H26ClN3O2. The zero-order chi connectivity index (χ0) is 19.2. The number of rotatable bonds is 6. The molecule has 0 aliphatic heterocycles. The van der Waals surface area contributed by atoms with Gasteiger partial charge in [0.05, 0.1) is 12.3 Å². The number of aryl methyl sites for hydroxylation is 1. The summed E-state index contributed by atoms with van der Waals surface area (Å²) in [5, 5.41) is 4.17. The lowest BCUT2D eigenvalue weighted by molar-refractivity contribution is 0.0525. The van der Waals surface area contributed by atoms with Gasteiger partial charge in [-0.25, -0.2) is 14.8 Å². The first-order valence-corrected chi connectivity index (χ1v) is 10.1. The Morgan fingerprint density at radius 1 is 1.15 bits per heavy atom. The van der Waals surface area contributed by atoms with Gasteiger partial charge < -0.3 is 10.1 Å². The summed E-state index contributed by atoms with van der Waals surface area (Å²) in [5.74, 6) is 0.808. The summed E-state index contributed by atoms with van der Waals surface area (Å²) in [5.41, 5.74) is 2.03. The number of aromatic nitrogens is 2. The topological polar surface area (TPSA) is 64.1 Å². The van der Waals surface area contributed by atoms with E-state index < -0.39 is 0 Å². The van der Waals surface area contributed by atoms with Crippen LogP contribution >= 0.6 is 11.6 Å². The fourth-order valence-corrected chi connectivity index (χ4v) is 3.58. The average Bonchev–Trinajstić information content (AvgIpc) is 2.69. The number of hydrogen-bond donors (Lipinski definition) is 1. The summed E-state index contributed by atoms with van der Waals surface area (Å²) in [7, 11) is 0. The zero-order valence-corrected chi connectivity index (χ0v) is 16.7. The van der Waals surface area contributed by atoms with E-state index in [4.69, 9.17) is 21.3 Å². The van der Waals surface area contributed by atoms with E-state index in [-0.39, 0.29) is 5.97 Å². The van der Waals surface area contributed by atoms with E-state index in [0.717, 1.165) is 18.4 Å².